The van der Waals surface area contributed by atoms with E-state index in [4.69, 9.17) is 5.73 Å². The van der Waals surface area contributed by atoms with E-state index in [1.807, 2.05) is 0 Å². The Labute approximate surface area is 156 Å². The summed E-state index contributed by atoms with van der Waals surface area (Å²) >= 11 is 0. The highest BCUT2D eigenvalue weighted by molar-refractivity contribution is 7.89. The molecular weight excluding hydrogens is 366 g/mol. The van der Waals surface area contributed by atoms with Gasteiger partial charge in [0.15, 0.2) is 5.82 Å². The summed E-state index contributed by atoms with van der Waals surface area (Å²) in [5.41, 5.74) is 7.83. The van der Waals surface area contributed by atoms with Gasteiger partial charge in [0.05, 0.1) is 22.7 Å². The zero-order valence-electron chi connectivity index (χ0n) is 14.2. The van der Waals surface area contributed by atoms with Crippen LogP contribution in [0.3, 0.4) is 0 Å². The number of nitrogens with zero attached hydrogens (tertiary/aromatic N) is 2. The Hall–Kier alpha value is -3.17. The van der Waals surface area contributed by atoms with E-state index in [1.54, 1.807) is 54.6 Å². The number of rotatable bonds is 4. The van der Waals surface area contributed by atoms with Crippen molar-refractivity contribution in [1.82, 2.24) is 14.5 Å². The molecule has 2 heterocycles. The van der Waals surface area contributed by atoms with Gasteiger partial charge in [-0.25, -0.2) is 8.42 Å². The summed E-state index contributed by atoms with van der Waals surface area (Å²) in [5.74, 6) is -0.0872. The lowest BCUT2D eigenvalue weighted by Gasteiger charge is -2.16. The van der Waals surface area contributed by atoms with Crippen LogP contribution < -0.4 is 11.1 Å². The van der Waals surface area contributed by atoms with Crippen molar-refractivity contribution in [3.05, 3.63) is 71.4 Å². The zero-order chi connectivity index (χ0) is 19.0. The zero-order valence-corrected chi connectivity index (χ0v) is 15.0. The molecule has 3 aromatic rings. The number of para-hydroxylation sites is 1. The van der Waals surface area contributed by atoms with Crippen molar-refractivity contribution in [2.45, 2.75) is 18.0 Å². The number of anilines is 2. The van der Waals surface area contributed by atoms with Gasteiger partial charge in [0, 0.05) is 17.8 Å². The molecule has 1 amide bonds. The highest BCUT2D eigenvalue weighted by Gasteiger charge is 2.34. The van der Waals surface area contributed by atoms with Crippen LogP contribution in [0.25, 0.3) is 0 Å². The number of benzene rings is 2. The van der Waals surface area contributed by atoms with Gasteiger partial charge in [-0.1, -0.05) is 30.3 Å². The molecule has 0 unspecified atom stereocenters. The van der Waals surface area contributed by atoms with Crippen LogP contribution in [0.15, 0.2) is 59.5 Å². The number of fused-ring (bicyclic) bond motifs is 1. The smallest absolute Gasteiger partial charge is 0.258 e. The van der Waals surface area contributed by atoms with Gasteiger partial charge in [0.25, 0.3) is 5.91 Å². The molecule has 0 saturated carbocycles. The number of nitrogen functional groups attached to an aromatic ring is 1. The molecule has 27 heavy (non-hydrogen) atoms. The van der Waals surface area contributed by atoms with Gasteiger partial charge in [-0.05, 0) is 24.3 Å². The number of hydrogen-bond acceptors (Lipinski definition) is 5. The summed E-state index contributed by atoms with van der Waals surface area (Å²) in [6, 6.07) is 14.9. The van der Waals surface area contributed by atoms with Crippen LogP contribution in [0.5, 0.6) is 0 Å². The van der Waals surface area contributed by atoms with Gasteiger partial charge in [0.1, 0.15) is 0 Å². The molecule has 138 valence electrons. The predicted octanol–water partition coefficient (Wildman–Crippen LogP) is 1.95. The molecule has 0 aliphatic carbocycles. The van der Waals surface area contributed by atoms with Gasteiger partial charge >= 0.3 is 0 Å². The SMILES string of the molecule is Nc1ccccc1C(=O)Nc1n[nH]c2c1CN(S(=O)(=O)c1ccccc1)C2. The maximum Gasteiger partial charge on any atom is 0.258 e. The minimum absolute atomic E-state index is 0.128. The standard InChI is InChI=1S/C18H17N5O3S/c19-15-9-5-4-8-13(15)18(24)20-17-14-10-23(11-16(14)21-22-17)27(25,26)12-6-2-1-3-7-12/h1-9H,10-11,19H2,(H2,20,21,22,24). The summed E-state index contributed by atoms with van der Waals surface area (Å²) in [4.78, 5) is 12.7. The van der Waals surface area contributed by atoms with E-state index in [1.165, 1.54) is 4.31 Å². The highest BCUT2D eigenvalue weighted by atomic mass is 32.2. The predicted molar refractivity (Wildman–Crippen MR) is 100 cm³/mol. The molecule has 4 rings (SSSR count). The van der Waals surface area contributed by atoms with Crippen molar-refractivity contribution in [2.24, 2.45) is 0 Å². The van der Waals surface area contributed by atoms with E-state index >= 15 is 0 Å². The van der Waals surface area contributed by atoms with Gasteiger partial charge in [0.2, 0.25) is 10.0 Å². The summed E-state index contributed by atoms with van der Waals surface area (Å²) in [6.45, 7) is 0.297. The van der Waals surface area contributed by atoms with Gasteiger partial charge < -0.3 is 11.1 Å². The average molecular weight is 383 g/mol. The third kappa shape index (κ3) is 3.07. The lowest BCUT2D eigenvalue weighted by molar-refractivity contribution is 0.102. The molecule has 2 aromatic carbocycles. The molecule has 9 heteroatoms. The first kappa shape index (κ1) is 17.3. The van der Waals surface area contributed by atoms with E-state index < -0.39 is 15.9 Å². The number of aromatic nitrogens is 2. The van der Waals surface area contributed by atoms with Gasteiger partial charge in [-0.15, -0.1) is 0 Å². The number of carbonyl (C=O) groups is 1. The quantitative estimate of drug-likeness (QED) is 0.595. The monoisotopic (exact) mass is 383 g/mol. The van der Waals surface area contributed by atoms with Gasteiger partial charge in [-0.2, -0.15) is 9.40 Å². The molecular formula is C18H17N5O3S. The Bertz CT molecular complexity index is 1110. The van der Waals surface area contributed by atoms with Crippen molar-refractivity contribution >= 4 is 27.4 Å². The molecule has 8 nitrogen and oxygen atoms in total. The van der Waals surface area contributed by atoms with Gasteiger partial charge in [-0.3, -0.25) is 9.89 Å². The summed E-state index contributed by atoms with van der Waals surface area (Å²) in [6.07, 6.45) is 0. The van der Waals surface area contributed by atoms with Crippen molar-refractivity contribution in [3.8, 4) is 0 Å². The molecule has 0 fully saturated rings. The number of amides is 1. The fourth-order valence-corrected chi connectivity index (χ4v) is 4.40. The topological polar surface area (TPSA) is 121 Å². The van der Waals surface area contributed by atoms with E-state index in [2.05, 4.69) is 15.5 Å². The molecule has 4 N–H and O–H groups in total. The molecule has 0 saturated heterocycles. The molecule has 0 bridgehead atoms. The Morgan fingerprint density at radius 1 is 1.07 bits per heavy atom. The maximum absolute atomic E-state index is 12.8. The molecule has 1 aliphatic rings. The number of nitrogens with one attached hydrogen (secondary N) is 2. The fourth-order valence-electron chi connectivity index (χ4n) is 3.00. The van der Waals surface area contributed by atoms with E-state index in [-0.39, 0.29) is 18.0 Å². The summed E-state index contributed by atoms with van der Waals surface area (Å²) in [7, 11) is -3.63. The first-order chi connectivity index (χ1) is 13.0. The number of H-pyrrole nitrogens is 1. The number of carbonyl (C=O) groups excluding carboxylic acids is 1. The second kappa shape index (κ2) is 6.53. The third-order valence-electron chi connectivity index (χ3n) is 4.44. The first-order valence-electron chi connectivity index (χ1n) is 8.24. The minimum atomic E-state index is -3.63. The second-order valence-electron chi connectivity index (χ2n) is 6.16. The average Bonchev–Trinajstić information content (AvgIpc) is 3.25. The van der Waals surface area contributed by atoms with Crippen LogP contribution >= 0.6 is 0 Å². The fraction of sp³-hybridized carbons (Fsp3) is 0.111. The van der Waals surface area contributed by atoms with E-state index in [0.29, 0.717) is 28.3 Å². The van der Waals surface area contributed by atoms with Crippen LogP contribution in [-0.4, -0.2) is 28.8 Å². The Balaban J connectivity index is 1.56. The number of aromatic amines is 1. The normalized spacial score (nSPS) is 14.1. The molecule has 0 spiro atoms. The molecule has 0 radical (unpaired) electrons. The van der Waals surface area contributed by atoms with Crippen molar-refractivity contribution in [2.75, 3.05) is 11.1 Å². The number of nitrogens with two attached hydrogens (primary N) is 1. The first-order valence-corrected chi connectivity index (χ1v) is 9.68. The third-order valence-corrected chi connectivity index (χ3v) is 6.25. The summed E-state index contributed by atoms with van der Waals surface area (Å²) < 4.78 is 26.9. The molecule has 0 atom stereocenters. The van der Waals surface area contributed by atoms with E-state index in [9.17, 15) is 13.2 Å². The van der Waals surface area contributed by atoms with Crippen LogP contribution in [0.1, 0.15) is 21.6 Å². The second-order valence-corrected chi connectivity index (χ2v) is 8.09. The van der Waals surface area contributed by atoms with E-state index in [0.717, 1.165) is 0 Å². The lowest BCUT2D eigenvalue weighted by atomic mass is 10.1. The van der Waals surface area contributed by atoms with Crippen molar-refractivity contribution in [3.63, 3.8) is 0 Å². The summed E-state index contributed by atoms with van der Waals surface area (Å²) in [5, 5.41) is 9.62. The van der Waals surface area contributed by atoms with Crippen LogP contribution in [0.2, 0.25) is 0 Å². The van der Waals surface area contributed by atoms with Crippen LogP contribution in [0, 0.1) is 0 Å². The number of hydrogen-bond donors (Lipinski definition) is 3. The van der Waals surface area contributed by atoms with Crippen LogP contribution in [-0.2, 0) is 23.1 Å². The number of sulfonamides is 1. The Morgan fingerprint density at radius 3 is 2.52 bits per heavy atom. The largest absolute Gasteiger partial charge is 0.398 e. The van der Waals surface area contributed by atoms with Crippen molar-refractivity contribution in [1.29, 1.82) is 0 Å². The maximum atomic E-state index is 12.8. The highest BCUT2D eigenvalue weighted by Crippen LogP contribution is 2.31. The van der Waals surface area contributed by atoms with Crippen LogP contribution in [0.4, 0.5) is 11.5 Å². The lowest BCUT2D eigenvalue weighted by Crippen LogP contribution is -2.26. The van der Waals surface area contributed by atoms with Crippen molar-refractivity contribution < 1.29 is 13.2 Å². The molecule has 1 aromatic heterocycles. The minimum Gasteiger partial charge on any atom is -0.398 e. The molecule has 1 aliphatic heterocycles. The Kier molecular flexibility index (Phi) is 4.17. The Morgan fingerprint density at radius 2 is 1.78 bits per heavy atom.